The van der Waals surface area contributed by atoms with Gasteiger partial charge in [-0.2, -0.15) is 0 Å². The molecule has 0 aliphatic carbocycles. The molecule has 0 bridgehead atoms. The van der Waals surface area contributed by atoms with Crippen molar-refractivity contribution >= 4 is 23.5 Å². The molecule has 4 rings (SSSR count). The van der Waals surface area contributed by atoms with Gasteiger partial charge in [0.2, 0.25) is 0 Å². The SMILES string of the molecule is CC(C)(C)OC(=O)N1CCCC2(Cc3ccccc3N2C(=O)Nc2ccccc2)C1. The summed E-state index contributed by atoms with van der Waals surface area (Å²) in [4.78, 5) is 29.8. The summed E-state index contributed by atoms with van der Waals surface area (Å²) in [5, 5.41) is 3.03. The number of hydrogen-bond donors (Lipinski definition) is 1. The van der Waals surface area contributed by atoms with Gasteiger partial charge in [-0.05, 0) is 63.8 Å². The molecule has 1 atom stereocenters. The number of likely N-dealkylation sites (tertiary alicyclic amines) is 1. The Kier molecular flexibility index (Phi) is 5.18. The van der Waals surface area contributed by atoms with Gasteiger partial charge in [-0.1, -0.05) is 36.4 Å². The number of nitrogens with one attached hydrogen (secondary N) is 1. The van der Waals surface area contributed by atoms with Gasteiger partial charge in [-0.25, -0.2) is 9.59 Å². The van der Waals surface area contributed by atoms with Crippen LogP contribution in [0.25, 0.3) is 0 Å². The fourth-order valence-electron chi connectivity index (χ4n) is 4.51. The predicted octanol–water partition coefficient (Wildman–Crippen LogP) is 5.05. The lowest BCUT2D eigenvalue weighted by Gasteiger charge is -2.45. The van der Waals surface area contributed by atoms with Crippen LogP contribution in [0.4, 0.5) is 21.0 Å². The number of carbonyl (C=O) groups is 2. The molecule has 0 radical (unpaired) electrons. The molecule has 2 aromatic rings. The van der Waals surface area contributed by atoms with E-state index in [1.54, 1.807) is 4.90 Å². The lowest BCUT2D eigenvalue weighted by molar-refractivity contribution is 0.0144. The fourth-order valence-corrected chi connectivity index (χ4v) is 4.51. The molecule has 1 spiro atoms. The number of hydrogen-bond acceptors (Lipinski definition) is 3. The largest absolute Gasteiger partial charge is 0.444 e. The van der Waals surface area contributed by atoms with Crippen LogP contribution >= 0.6 is 0 Å². The molecule has 6 nitrogen and oxygen atoms in total. The Labute approximate surface area is 177 Å². The van der Waals surface area contributed by atoms with E-state index in [9.17, 15) is 9.59 Å². The highest BCUT2D eigenvalue weighted by Crippen LogP contribution is 2.44. The number of rotatable bonds is 1. The average molecular weight is 408 g/mol. The lowest BCUT2D eigenvalue weighted by atomic mass is 9.85. The third kappa shape index (κ3) is 3.99. The second kappa shape index (κ2) is 7.67. The zero-order valence-corrected chi connectivity index (χ0v) is 17.9. The Bertz CT molecular complexity index is 938. The van der Waals surface area contributed by atoms with Crippen molar-refractivity contribution in [1.82, 2.24) is 4.90 Å². The molecule has 1 unspecified atom stereocenters. The molecule has 30 heavy (non-hydrogen) atoms. The van der Waals surface area contributed by atoms with Gasteiger partial charge in [0.25, 0.3) is 0 Å². The number of fused-ring (bicyclic) bond motifs is 1. The van der Waals surface area contributed by atoms with E-state index in [1.807, 2.05) is 74.2 Å². The molecule has 0 aromatic heterocycles. The van der Waals surface area contributed by atoms with Gasteiger partial charge in [0.1, 0.15) is 5.60 Å². The molecule has 3 amide bonds. The second-order valence-corrected chi connectivity index (χ2v) is 9.17. The van der Waals surface area contributed by atoms with Gasteiger partial charge in [0.15, 0.2) is 0 Å². The molecule has 2 aliphatic rings. The summed E-state index contributed by atoms with van der Waals surface area (Å²) >= 11 is 0. The lowest BCUT2D eigenvalue weighted by Crippen LogP contribution is -2.61. The summed E-state index contributed by atoms with van der Waals surface area (Å²) < 4.78 is 5.62. The maximum atomic E-state index is 13.4. The van der Waals surface area contributed by atoms with E-state index in [0.717, 1.165) is 36.2 Å². The number of nitrogens with zero attached hydrogens (tertiary/aromatic N) is 2. The van der Waals surface area contributed by atoms with E-state index in [4.69, 9.17) is 4.74 Å². The third-order valence-electron chi connectivity index (χ3n) is 5.66. The minimum absolute atomic E-state index is 0.169. The molecule has 0 saturated carbocycles. The summed E-state index contributed by atoms with van der Waals surface area (Å²) in [6.45, 7) is 6.71. The van der Waals surface area contributed by atoms with Crippen molar-refractivity contribution in [2.24, 2.45) is 0 Å². The Morgan fingerprint density at radius 1 is 1.03 bits per heavy atom. The number of piperidine rings is 1. The molecule has 2 aromatic carbocycles. The summed E-state index contributed by atoms with van der Waals surface area (Å²) in [6.07, 6.45) is 2.07. The first-order valence-electron chi connectivity index (χ1n) is 10.5. The van der Waals surface area contributed by atoms with Crippen LogP contribution in [0.5, 0.6) is 0 Å². The van der Waals surface area contributed by atoms with E-state index in [-0.39, 0.29) is 12.1 Å². The molecular weight excluding hydrogens is 378 g/mol. The van der Waals surface area contributed by atoms with Crippen LogP contribution in [0, 0.1) is 0 Å². The Hall–Kier alpha value is -3.02. The minimum atomic E-state index is -0.551. The number of carbonyl (C=O) groups excluding carboxylic acids is 2. The van der Waals surface area contributed by atoms with Crippen molar-refractivity contribution < 1.29 is 14.3 Å². The van der Waals surface area contributed by atoms with Gasteiger partial charge in [-0.3, -0.25) is 4.90 Å². The highest BCUT2D eigenvalue weighted by Gasteiger charge is 2.50. The van der Waals surface area contributed by atoms with Gasteiger partial charge in [-0.15, -0.1) is 0 Å². The topological polar surface area (TPSA) is 61.9 Å². The molecule has 158 valence electrons. The molecule has 1 N–H and O–H groups in total. The fraction of sp³-hybridized carbons (Fsp3) is 0.417. The van der Waals surface area contributed by atoms with E-state index in [2.05, 4.69) is 11.4 Å². The maximum Gasteiger partial charge on any atom is 0.410 e. The van der Waals surface area contributed by atoms with Gasteiger partial charge in [0.05, 0.1) is 5.54 Å². The van der Waals surface area contributed by atoms with Crippen molar-refractivity contribution in [3.63, 3.8) is 0 Å². The summed E-state index contributed by atoms with van der Waals surface area (Å²) in [5.41, 5.74) is 1.77. The average Bonchev–Trinajstić information content (AvgIpc) is 3.00. The smallest absolute Gasteiger partial charge is 0.410 e. The van der Waals surface area contributed by atoms with Crippen LogP contribution < -0.4 is 10.2 Å². The zero-order valence-electron chi connectivity index (χ0n) is 17.9. The zero-order chi connectivity index (χ0) is 21.4. The first-order valence-corrected chi connectivity index (χ1v) is 10.5. The third-order valence-corrected chi connectivity index (χ3v) is 5.66. The predicted molar refractivity (Wildman–Crippen MR) is 118 cm³/mol. The Morgan fingerprint density at radius 2 is 1.73 bits per heavy atom. The van der Waals surface area contributed by atoms with Crippen molar-refractivity contribution in [3.8, 4) is 0 Å². The molecule has 1 fully saturated rings. The number of anilines is 2. The monoisotopic (exact) mass is 407 g/mol. The van der Waals surface area contributed by atoms with Crippen molar-refractivity contribution in [1.29, 1.82) is 0 Å². The number of urea groups is 1. The second-order valence-electron chi connectivity index (χ2n) is 9.17. The maximum absolute atomic E-state index is 13.4. The Balaban J connectivity index is 1.63. The first kappa shape index (κ1) is 20.3. The van der Waals surface area contributed by atoms with Crippen molar-refractivity contribution in [2.45, 2.75) is 51.2 Å². The molecule has 6 heteroatoms. The quantitative estimate of drug-likeness (QED) is 0.719. The van der Waals surface area contributed by atoms with E-state index in [0.29, 0.717) is 13.1 Å². The summed E-state index contributed by atoms with van der Waals surface area (Å²) in [6, 6.07) is 17.3. The highest BCUT2D eigenvalue weighted by atomic mass is 16.6. The first-order chi connectivity index (χ1) is 14.3. The van der Waals surface area contributed by atoms with Crippen LogP contribution in [0.1, 0.15) is 39.2 Å². The Morgan fingerprint density at radius 3 is 2.47 bits per heavy atom. The number of benzene rings is 2. The number of amides is 3. The normalized spacial score (nSPS) is 20.8. The molecule has 1 saturated heterocycles. The van der Waals surface area contributed by atoms with E-state index >= 15 is 0 Å². The number of ether oxygens (including phenoxy) is 1. The van der Waals surface area contributed by atoms with Crippen LogP contribution in [0.2, 0.25) is 0 Å². The highest BCUT2D eigenvalue weighted by molar-refractivity contribution is 6.04. The van der Waals surface area contributed by atoms with Crippen molar-refractivity contribution in [2.75, 3.05) is 23.3 Å². The molecule has 2 heterocycles. The van der Waals surface area contributed by atoms with Crippen LogP contribution in [-0.4, -0.2) is 41.3 Å². The molecular formula is C24H29N3O3. The van der Waals surface area contributed by atoms with Gasteiger partial charge >= 0.3 is 12.1 Å². The summed E-state index contributed by atoms with van der Waals surface area (Å²) in [7, 11) is 0. The molecule has 2 aliphatic heterocycles. The van der Waals surface area contributed by atoms with E-state index in [1.165, 1.54) is 0 Å². The van der Waals surface area contributed by atoms with Gasteiger partial charge in [0, 0.05) is 24.5 Å². The van der Waals surface area contributed by atoms with Crippen LogP contribution in [0.15, 0.2) is 54.6 Å². The van der Waals surface area contributed by atoms with Gasteiger partial charge < -0.3 is 15.0 Å². The van der Waals surface area contributed by atoms with Crippen LogP contribution in [0.3, 0.4) is 0 Å². The summed E-state index contributed by atoms with van der Waals surface area (Å²) in [5.74, 6) is 0. The van der Waals surface area contributed by atoms with Crippen molar-refractivity contribution in [3.05, 3.63) is 60.2 Å². The number of para-hydroxylation sites is 2. The standard InChI is InChI=1S/C24H29N3O3/c1-23(2,3)30-22(29)26-15-9-14-24(17-26)16-18-10-7-8-13-20(18)27(24)21(28)25-19-11-5-4-6-12-19/h4-8,10-13H,9,14-17H2,1-3H3,(H,25,28). The van der Waals surface area contributed by atoms with Crippen LogP contribution in [-0.2, 0) is 11.2 Å². The van der Waals surface area contributed by atoms with E-state index < -0.39 is 11.1 Å². The minimum Gasteiger partial charge on any atom is -0.444 e.